The zero-order valence-corrected chi connectivity index (χ0v) is 50.4. The number of unbranched alkanes of at least 4 members (excludes halogenated alkanes) is 53. The Morgan fingerprint density at radius 2 is 0.541 bits per heavy atom. The molecule has 6 heteroatoms. The number of hydrogen-bond donors (Lipinski definition) is 5. The number of amides is 1. The van der Waals surface area contributed by atoms with Crippen LogP contribution in [0.4, 0.5) is 0 Å². The topological polar surface area (TPSA) is 110 Å². The molecule has 0 saturated carbocycles. The molecule has 6 nitrogen and oxygen atoms in total. The highest BCUT2D eigenvalue weighted by atomic mass is 16.3. The monoisotopic (exact) mass is 1050 g/mol. The van der Waals surface area contributed by atoms with Crippen molar-refractivity contribution in [3.63, 3.8) is 0 Å². The van der Waals surface area contributed by atoms with Gasteiger partial charge in [0.2, 0.25) is 5.91 Å². The number of hydrogen-bond acceptors (Lipinski definition) is 5. The lowest BCUT2D eigenvalue weighted by atomic mass is 9.99. The molecule has 0 aliphatic carbocycles. The summed E-state index contributed by atoms with van der Waals surface area (Å²) < 4.78 is 0. The van der Waals surface area contributed by atoms with E-state index in [4.69, 9.17) is 0 Å². The van der Waals surface area contributed by atoms with Crippen LogP contribution in [0.1, 0.15) is 386 Å². The van der Waals surface area contributed by atoms with Crippen molar-refractivity contribution in [2.24, 2.45) is 0 Å². The SMILES string of the molecule is CCCCCCCCCCCCCCCCCC/C=C\CCCCCCCCCCCCCCCCCCC(O)C(=O)NC(CO)C(O)C(O)CCCCCCCCCCCCCCCCCCCCCCCC. The molecule has 0 spiro atoms. The third-order valence-electron chi connectivity index (χ3n) is 16.5. The second kappa shape index (κ2) is 62.9. The summed E-state index contributed by atoms with van der Waals surface area (Å²) in [5, 5.41) is 44.2. The maximum Gasteiger partial charge on any atom is 0.249 e. The molecule has 4 atom stereocenters. The summed E-state index contributed by atoms with van der Waals surface area (Å²) in [4.78, 5) is 12.6. The second-order valence-corrected chi connectivity index (χ2v) is 23.9. The number of rotatable bonds is 64. The summed E-state index contributed by atoms with van der Waals surface area (Å²) in [6.45, 7) is 4.11. The lowest BCUT2D eigenvalue weighted by molar-refractivity contribution is -0.132. The van der Waals surface area contributed by atoms with Crippen molar-refractivity contribution >= 4 is 5.91 Å². The van der Waals surface area contributed by atoms with Gasteiger partial charge in [-0.3, -0.25) is 4.79 Å². The molecule has 1 amide bonds. The molecule has 0 aromatic carbocycles. The summed E-state index contributed by atoms with van der Waals surface area (Å²) in [7, 11) is 0. The van der Waals surface area contributed by atoms with Crippen LogP contribution in [0.15, 0.2) is 12.2 Å². The van der Waals surface area contributed by atoms with Crippen LogP contribution in [0.2, 0.25) is 0 Å². The van der Waals surface area contributed by atoms with Crippen molar-refractivity contribution in [2.75, 3.05) is 6.61 Å². The Hall–Kier alpha value is -0.950. The van der Waals surface area contributed by atoms with Gasteiger partial charge >= 0.3 is 0 Å². The summed E-state index contributed by atoms with van der Waals surface area (Å²) in [6, 6.07) is -0.984. The number of aliphatic hydroxyl groups excluding tert-OH is 4. The fourth-order valence-corrected chi connectivity index (χ4v) is 11.2. The fraction of sp³-hybridized carbons (Fsp3) is 0.956. The van der Waals surface area contributed by atoms with E-state index in [-0.39, 0.29) is 0 Å². The quantitative estimate of drug-likeness (QED) is 0.0308. The Bertz CT molecular complexity index is 1080. The van der Waals surface area contributed by atoms with Crippen molar-refractivity contribution in [2.45, 2.75) is 411 Å². The van der Waals surface area contributed by atoms with E-state index in [1.54, 1.807) is 0 Å². The molecule has 0 fully saturated rings. The minimum atomic E-state index is -1.26. The van der Waals surface area contributed by atoms with Crippen LogP contribution < -0.4 is 5.32 Å². The molecular formula is C68H135NO5. The maximum absolute atomic E-state index is 12.6. The third-order valence-corrected chi connectivity index (χ3v) is 16.5. The highest BCUT2D eigenvalue weighted by molar-refractivity contribution is 5.80. The number of carbonyl (C=O) groups is 1. The van der Waals surface area contributed by atoms with E-state index in [1.807, 2.05) is 0 Å². The van der Waals surface area contributed by atoms with E-state index in [2.05, 4.69) is 31.3 Å². The van der Waals surface area contributed by atoms with E-state index < -0.39 is 36.9 Å². The summed E-state index contributed by atoms with van der Waals surface area (Å²) >= 11 is 0. The van der Waals surface area contributed by atoms with Crippen LogP contribution in [0, 0.1) is 0 Å². The van der Waals surface area contributed by atoms with Crippen LogP contribution in [-0.2, 0) is 4.79 Å². The average molecular weight is 1050 g/mol. The van der Waals surface area contributed by atoms with Crippen LogP contribution in [0.5, 0.6) is 0 Å². The molecule has 0 bridgehead atoms. The Balaban J connectivity index is 3.51. The molecule has 0 aliphatic heterocycles. The van der Waals surface area contributed by atoms with Gasteiger partial charge < -0.3 is 25.7 Å². The summed E-state index contributed by atoms with van der Waals surface area (Å²) in [6.07, 6.45) is 77.6. The molecule has 0 rings (SSSR count). The first-order valence-electron chi connectivity index (χ1n) is 34.1. The van der Waals surface area contributed by atoms with Gasteiger partial charge in [0.25, 0.3) is 0 Å². The molecule has 0 aliphatic rings. The first-order chi connectivity index (χ1) is 36.5. The van der Waals surface area contributed by atoms with Gasteiger partial charge in [0.15, 0.2) is 0 Å². The maximum atomic E-state index is 12.6. The van der Waals surface area contributed by atoms with Gasteiger partial charge in [-0.2, -0.15) is 0 Å². The van der Waals surface area contributed by atoms with Crippen molar-refractivity contribution < 1.29 is 25.2 Å². The van der Waals surface area contributed by atoms with Crippen molar-refractivity contribution in [3.05, 3.63) is 12.2 Å². The van der Waals surface area contributed by atoms with E-state index in [0.29, 0.717) is 12.8 Å². The fourth-order valence-electron chi connectivity index (χ4n) is 11.2. The zero-order valence-electron chi connectivity index (χ0n) is 50.4. The lowest BCUT2D eigenvalue weighted by Crippen LogP contribution is -2.53. The Labute approximate surface area is 463 Å². The van der Waals surface area contributed by atoms with E-state index in [0.717, 1.165) is 38.5 Å². The van der Waals surface area contributed by atoms with E-state index in [9.17, 15) is 25.2 Å². The number of carbonyl (C=O) groups excluding carboxylic acids is 1. The van der Waals surface area contributed by atoms with E-state index in [1.165, 1.54) is 321 Å². The van der Waals surface area contributed by atoms with Crippen LogP contribution in [0.3, 0.4) is 0 Å². The first-order valence-corrected chi connectivity index (χ1v) is 34.1. The normalized spacial score (nSPS) is 13.5. The van der Waals surface area contributed by atoms with Gasteiger partial charge in [-0.05, 0) is 38.5 Å². The largest absolute Gasteiger partial charge is 0.394 e. The molecule has 5 N–H and O–H groups in total. The first kappa shape index (κ1) is 73.0. The Kier molecular flexibility index (Phi) is 62.1. The van der Waals surface area contributed by atoms with Gasteiger partial charge in [0, 0.05) is 0 Å². The second-order valence-electron chi connectivity index (χ2n) is 23.9. The number of allylic oxidation sites excluding steroid dienone is 2. The third kappa shape index (κ3) is 55.8. The minimum Gasteiger partial charge on any atom is -0.394 e. The van der Waals surface area contributed by atoms with E-state index >= 15 is 0 Å². The molecule has 0 radical (unpaired) electrons. The van der Waals surface area contributed by atoms with Crippen LogP contribution in [-0.4, -0.2) is 57.3 Å². The van der Waals surface area contributed by atoms with Gasteiger partial charge in [0.05, 0.1) is 18.8 Å². The van der Waals surface area contributed by atoms with Crippen molar-refractivity contribution in [1.82, 2.24) is 5.32 Å². The molecule has 442 valence electrons. The molecule has 0 saturated heterocycles. The summed E-state index contributed by atoms with van der Waals surface area (Å²) in [5.41, 5.74) is 0. The highest BCUT2D eigenvalue weighted by Crippen LogP contribution is 2.20. The average Bonchev–Trinajstić information content (AvgIpc) is 3.41. The number of aliphatic hydroxyl groups is 4. The smallest absolute Gasteiger partial charge is 0.249 e. The molecular weight excluding hydrogens is 911 g/mol. The van der Waals surface area contributed by atoms with Crippen LogP contribution >= 0.6 is 0 Å². The Morgan fingerprint density at radius 3 is 0.784 bits per heavy atom. The molecule has 0 heterocycles. The molecule has 4 unspecified atom stereocenters. The van der Waals surface area contributed by atoms with Crippen molar-refractivity contribution in [1.29, 1.82) is 0 Å². The van der Waals surface area contributed by atoms with Gasteiger partial charge in [-0.1, -0.05) is 360 Å². The Morgan fingerprint density at radius 1 is 0.324 bits per heavy atom. The van der Waals surface area contributed by atoms with Gasteiger partial charge in [-0.25, -0.2) is 0 Å². The number of nitrogens with one attached hydrogen (secondary N) is 1. The molecule has 74 heavy (non-hydrogen) atoms. The van der Waals surface area contributed by atoms with Crippen molar-refractivity contribution in [3.8, 4) is 0 Å². The molecule has 0 aromatic rings. The predicted octanol–water partition coefficient (Wildman–Crippen LogP) is 20.8. The van der Waals surface area contributed by atoms with Gasteiger partial charge in [-0.15, -0.1) is 0 Å². The predicted molar refractivity (Wildman–Crippen MR) is 325 cm³/mol. The zero-order chi connectivity index (χ0) is 53.7. The highest BCUT2D eigenvalue weighted by Gasteiger charge is 2.28. The lowest BCUT2D eigenvalue weighted by Gasteiger charge is -2.27. The summed E-state index contributed by atoms with van der Waals surface area (Å²) in [5.74, 6) is -0.575. The van der Waals surface area contributed by atoms with Gasteiger partial charge in [0.1, 0.15) is 12.2 Å². The molecule has 0 aromatic heterocycles. The minimum absolute atomic E-state index is 0.374. The standard InChI is InChI=1S/C68H135NO5/c1-3-5-7-9-11-13-15-17-19-21-23-25-27-28-29-30-31-32-33-34-35-36-37-38-39-40-42-44-46-48-50-52-54-56-58-60-62-66(72)68(74)69-64(63-70)67(73)65(71)61-59-57-55-53-51-49-47-45-43-41-26-24-22-20-18-16-14-12-10-8-6-4-2/h32-33,64-67,70-73H,3-31,34-63H2,1-2H3,(H,69,74)/b33-32-. The van der Waals surface area contributed by atoms with Crippen LogP contribution in [0.25, 0.3) is 0 Å².